The number of nitrogen functional groups attached to an aromatic ring is 1. The first-order valence-corrected chi connectivity index (χ1v) is 37.6. The van der Waals surface area contributed by atoms with Gasteiger partial charge in [-0.3, -0.25) is 19.3 Å². The van der Waals surface area contributed by atoms with E-state index in [2.05, 4.69) is 135 Å². The third-order valence-electron chi connectivity index (χ3n) is 21.2. The van der Waals surface area contributed by atoms with Crippen molar-refractivity contribution < 1.29 is 24.2 Å². The Morgan fingerprint density at radius 1 is 0.447 bits per heavy atom. The maximum absolute atomic E-state index is 13.6. The van der Waals surface area contributed by atoms with E-state index in [-0.39, 0.29) is 30.1 Å². The molecule has 13 nitrogen and oxygen atoms in total. The molecule has 13 heteroatoms. The minimum absolute atomic E-state index is 0. The number of benzene rings is 5. The van der Waals surface area contributed by atoms with Gasteiger partial charge in [0.2, 0.25) is 11.8 Å². The highest BCUT2D eigenvalue weighted by Gasteiger charge is 2.43. The lowest BCUT2D eigenvalue weighted by Gasteiger charge is -2.41. The molecule has 103 heavy (non-hydrogen) atoms. The van der Waals surface area contributed by atoms with Crippen LogP contribution in [0, 0.1) is 27.7 Å². The van der Waals surface area contributed by atoms with Gasteiger partial charge in [0.25, 0.3) is 0 Å². The number of hydrogen-bond acceptors (Lipinski definition) is 10. The van der Waals surface area contributed by atoms with Crippen LogP contribution >= 0.6 is 0 Å². The first-order valence-electron chi connectivity index (χ1n) is 37.6. The standard InChI is InChI=1S/C28H32N2O.C19H22N2O.C19H24N2.C13H16O2.C6H8N2.C4H8O.CH4/c1-23-17-20-29-26(21-23)30(27(31)16-15-24-11-5-2-6-12-24)22-28(18-9-4-10-19-28)25-13-7-3-8-14-25;1-15-10-13-20-17(14-15)21-18(22)19(11-6-3-7-12-19)16-8-4-2-5-9-16;1-16-10-13-20-18(14-16)21-15-19(11-6-3-7-12-19)17-8-4-2-5-9-17;14-12(15)13(9-5-2-6-10-13)11-7-3-1-4-8-11;1-5-2-3-8-6(7)4-5;1-2-4-5-3-1;/h2-3,5-8,11-14,17,20-21H,4,9-10,15-16,18-19,22H2,1H3;2,4-5,8-10,13-14H,3,6-7,11-12H2,1H3,(H,20,21,22);2,4-5,8-10,13-14H,3,6-7,11-12,15H2,1H3,(H,20,21);1,3-4,7-8H,2,5-6,9-10H2,(H,14,15);2-4H,1H3,(H2,7,8);1-4H2;1H4. The number of aryl methyl sites for hydroxylation is 5. The van der Waals surface area contributed by atoms with Crippen molar-refractivity contribution in [1.29, 1.82) is 0 Å². The molecule has 0 atom stereocenters. The van der Waals surface area contributed by atoms with Crippen LogP contribution in [-0.2, 0) is 47.2 Å². The monoisotopic (exact) mass is 1390 g/mol. The van der Waals surface area contributed by atoms with Crippen LogP contribution in [0.2, 0.25) is 0 Å². The van der Waals surface area contributed by atoms with E-state index >= 15 is 0 Å². The summed E-state index contributed by atoms with van der Waals surface area (Å²) in [4.78, 5) is 57.2. The third-order valence-corrected chi connectivity index (χ3v) is 21.2. The predicted octanol–water partition coefficient (Wildman–Crippen LogP) is 20.6. The van der Waals surface area contributed by atoms with Crippen molar-refractivity contribution in [2.24, 2.45) is 0 Å². The van der Waals surface area contributed by atoms with Crippen LogP contribution in [0.1, 0.15) is 205 Å². The van der Waals surface area contributed by atoms with E-state index in [9.17, 15) is 19.5 Å². The van der Waals surface area contributed by atoms with E-state index in [4.69, 9.17) is 10.5 Å². The molecule has 1 aliphatic heterocycles. The lowest BCUT2D eigenvalue weighted by atomic mass is 9.68. The maximum Gasteiger partial charge on any atom is 0.314 e. The zero-order chi connectivity index (χ0) is 71.7. The molecule has 544 valence electrons. The molecule has 0 spiro atoms. The van der Waals surface area contributed by atoms with E-state index in [1.807, 2.05) is 140 Å². The van der Waals surface area contributed by atoms with Crippen LogP contribution in [0.5, 0.6) is 0 Å². The molecular weight excluding hydrogens is 1270 g/mol. The number of pyridine rings is 4. The number of rotatable bonds is 16. The Balaban J connectivity index is 0.000000167. The normalized spacial score (nSPS) is 16.5. The van der Waals surface area contributed by atoms with Gasteiger partial charge in [-0.15, -0.1) is 0 Å². The van der Waals surface area contributed by atoms with Gasteiger partial charge in [-0.2, -0.15) is 0 Å². The summed E-state index contributed by atoms with van der Waals surface area (Å²) in [5, 5.41) is 16.1. The van der Waals surface area contributed by atoms with Gasteiger partial charge in [0.05, 0.1) is 10.8 Å². The van der Waals surface area contributed by atoms with E-state index in [1.165, 1.54) is 99.3 Å². The van der Waals surface area contributed by atoms with Gasteiger partial charge in [-0.25, -0.2) is 19.9 Å². The summed E-state index contributed by atoms with van der Waals surface area (Å²) >= 11 is 0. The molecule has 4 aromatic heterocycles. The number of ether oxygens (including phenoxy) is 1. The van der Waals surface area contributed by atoms with E-state index in [0.717, 1.165) is 130 Å². The van der Waals surface area contributed by atoms with Crippen LogP contribution in [0.3, 0.4) is 0 Å². The topological polar surface area (TPSA) is 186 Å². The van der Waals surface area contributed by atoms with Crippen LogP contribution in [0.15, 0.2) is 225 Å². The molecule has 5 aliphatic rings. The van der Waals surface area contributed by atoms with Gasteiger partial charge in [0, 0.05) is 68.3 Å². The Kier molecular flexibility index (Phi) is 31.7. The first-order chi connectivity index (χ1) is 49.7. The molecule has 0 unspecified atom stereocenters. The smallest absolute Gasteiger partial charge is 0.314 e. The zero-order valence-corrected chi connectivity index (χ0v) is 61.1. The number of carboxylic acid groups (broad SMARTS) is 1. The number of carboxylic acids is 1. The van der Waals surface area contributed by atoms with Crippen LogP contribution in [0.4, 0.5) is 23.3 Å². The molecule has 0 radical (unpaired) electrons. The molecule has 5 heterocycles. The fourth-order valence-corrected chi connectivity index (χ4v) is 15.3. The summed E-state index contributed by atoms with van der Waals surface area (Å²) in [7, 11) is 0. The Morgan fingerprint density at radius 3 is 1.29 bits per heavy atom. The number of aromatic nitrogens is 4. The zero-order valence-electron chi connectivity index (χ0n) is 61.1. The molecule has 0 bridgehead atoms. The second-order valence-corrected chi connectivity index (χ2v) is 28.7. The minimum atomic E-state index is -0.659. The minimum Gasteiger partial charge on any atom is -0.481 e. The molecule has 4 aliphatic carbocycles. The second kappa shape index (κ2) is 41.1. The summed E-state index contributed by atoms with van der Waals surface area (Å²) in [6.45, 7) is 11.8. The Morgan fingerprint density at radius 2 is 0.845 bits per heavy atom. The molecule has 5 fully saturated rings. The Hall–Kier alpha value is -9.33. The molecule has 1 saturated heterocycles. The summed E-state index contributed by atoms with van der Waals surface area (Å²) in [5.74, 6) is 2.58. The van der Waals surface area contributed by atoms with Crippen LogP contribution in [0.25, 0.3) is 0 Å². The van der Waals surface area contributed by atoms with Crippen molar-refractivity contribution in [3.63, 3.8) is 0 Å². The summed E-state index contributed by atoms with van der Waals surface area (Å²) in [5.41, 5.74) is 15.3. The number of amides is 2. The van der Waals surface area contributed by atoms with Crippen LogP contribution in [-0.4, -0.2) is 69.1 Å². The first kappa shape index (κ1) is 79.4. The summed E-state index contributed by atoms with van der Waals surface area (Å²) in [6, 6.07) is 67.7. The fraction of sp³-hybridized carbons (Fsp3) is 0.411. The van der Waals surface area contributed by atoms with Crippen molar-refractivity contribution in [1.82, 2.24) is 19.9 Å². The van der Waals surface area contributed by atoms with Crippen molar-refractivity contribution in [2.45, 2.75) is 211 Å². The van der Waals surface area contributed by atoms with Gasteiger partial charge < -0.3 is 26.2 Å². The number of anilines is 4. The molecule has 2 amide bonds. The van der Waals surface area contributed by atoms with Gasteiger partial charge in [0.15, 0.2) is 0 Å². The van der Waals surface area contributed by atoms with Gasteiger partial charge in [-0.1, -0.05) is 236 Å². The Labute approximate surface area is 615 Å². The predicted molar refractivity (Wildman–Crippen MR) is 424 cm³/mol. The number of carbonyl (C=O) groups is 3. The SMILES string of the molecule is C.C1CCOC1.Cc1ccnc(N(CC2(c3ccccc3)CCCCC2)C(=O)CCc2ccccc2)c1.Cc1ccnc(N)c1.Cc1ccnc(NC(=O)C2(c3ccccc3)CCCCC2)c1.Cc1ccnc(NCC2(c3ccccc3)CCCCC2)c1.O=C(O)C1(c2ccccc2)CCCCC1. The summed E-state index contributed by atoms with van der Waals surface area (Å²) in [6.07, 6.45) is 33.5. The number of nitrogens with two attached hydrogens (primary N) is 1. The lowest BCUT2D eigenvalue weighted by molar-refractivity contribution is -0.145. The largest absolute Gasteiger partial charge is 0.481 e. The number of carbonyl (C=O) groups excluding carboxylic acids is 2. The van der Waals surface area contributed by atoms with Crippen molar-refractivity contribution in [2.75, 3.05) is 47.6 Å². The third kappa shape index (κ3) is 23.6. The van der Waals surface area contributed by atoms with Crippen LogP contribution < -0.4 is 21.3 Å². The fourth-order valence-electron chi connectivity index (χ4n) is 15.3. The van der Waals surface area contributed by atoms with E-state index < -0.39 is 16.8 Å². The highest BCUT2D eigenvalue weighted by molar-refractivity contribution is 5.98. The number of hydrogen-bond donors (Lipinski definition) is 4. The van der Waals surface area contributed by atoms with Gasteiger partial charge in [0.1, 0.15) is 23.3 Å². The summed E-state index contributed by atoms with van der Waals surface area (Å²) < 4.78 is 4.94. The lowest BCUT2D eigenvalue weighted by Crippen LogP contribution is -2.45. The molecular formula is C90H114N8O5. The number of nitrogens with zero attached hydrogens (tertiary/aromatic N) is 5. The molecule has 4 saturated carbocycles. The quantitative estimate of drug-likeness (QED) is 0.0721. The molecule has 5 N–H and O–H groups in total. The van der Waals surface area contributed by atoms with Crippen molar-refractivity contribution in [3.8, 4) is 0 Å². The van der Waals surface area contributed by atoms with E-state index in [0.29, 0.717) is 24.6 Å². The second-order valence-electron chi connectivity index (χ2n) is 28.7. The average Bonchev–Trinajstić information content (AvgIpc) is 0.864. The maximum atomic E-state index is 13.6. The highest BCUT2D eigenvalue weighted by atomic mass is 16.5. The van der Waals surface area contributed by atoms with Crippen molar-refractivity contribution >= 4 is 41.1 Å². The average molecular weight is 1390 g/mol. The molecule has 9 aromatic rings. The van der Waals surface area contributed by atoms with E-state index in [1.54, 1.807) is 12.4 Å². The van der Waals surface area contributed by atoms with Crippen molar-refractivity contribution in [3.05, 3.63) is 275 Å². The Bertz CT molecular complexity index is 3900. The molecule has 14 rings (SSSR count). The molecule has 5 aromatic carbocycles. The number of aliphatic carboxylic acids is 1. The highest BCUT2D eigenvalue weighted by Crippen LogP contribution is 2.44. The van der Waals surface area contributed by atoms with Gasteiger partial charge in [-0.05, 0) is 197 Å². The van der Waals surface area contributed by atoms with Gasteiger partial charge >= 0.3 is 5.97 Å². The number of nitrogens with one attached hydrogen (secondary N) is 2.